The first-order valence-corrected chi connectivity index (χ1v) is 13.6. The zero-order valence-corrected chi connectivity index (χ0v) is 19.5. The topological polar surface area (TPSA) is 74.6 Å². The quantitative estimate of drug-likeness (QED) is 0.154. The number of unbranched alkanes of at least 4 members (excludes halogenated alkanes) is 14. The number of rotatable bonds is 21. The maximum Gasteiger partial charge on any atom is 0.267 e. The average Bonchev–Trinajstić information content (AvgIpc) is 2.64. The van der Waals surface area contributed by atoms with E-state index in [1.165, 1.54) is 70.6 Å². The SMILES string of the molecule is CCCCCCCCCCCCC(O)CC(CCCCCCCC)S(=O)(=O)O. The van der Waals surface area contributed by atoms with Gasteiger partial charge in [-0.25, -0.2) is 0 Å². The summed E-state index contributed by atoms with van der Waals surface area (Å²) in [6.45, 7) is 4.41. The van der Waals surface area contributed by atoms with Crippen molar-refractivity contribution < 1.29 is 18.1 Å². The molecular formula is C23H48O4S. The van der Waals surface area contributed by atoms with Crippen LogP contribution in [0.1, 0.15) is 136 Å². The Balaban J connectivity index is 3.80. The van der Waals surface area contributed by atoms with E-state index in [1.54, 1.807) is 0 Å². The van der Waals surface area contributed by atoms with Gasteiger partial charge in [0, 0.05) is 0 Å². The average molecular weight is 421 g/mol. The highest BCUT2D eigenvalue weighted by atomic mass is 32.2. The molecular weight excluding hydrogens is 372 g/mol. The van der Waals surface area contributed by atoms with Crippen molar-refractivity contribution >= 4 is 10.1 Å². The van der Waals surface area contributed by atoms with Crippen molar-refractivity contribution in [2.24, 2.45) is 0 Å². The molecule has 0 aliphatic carbocycles. The predicted molar refractivity (Wildman–Crippen MR) is 120 cm³/mol. The molecule has 0 bridgehead atoms. The van der Waals surface area contributed by atoms with Crippen LogP contribution in [0.15, 0.2) is 0 Å². The third-order valence-corrected chi connectivity index (χ3v) is 7.00. The summed E-state index contributed by atoms with van der Waals surface area (Å²) in [7, 11) is -4.07. The zero-order valence-electron chi connectivity index (χ0n) is 18.7. The van der Waals surface area contributed by atoms with Gasteiger partial charge in [-0.1, -0.05) is 117 Å². The summed E-state index contributed by atoms with van der Waals surface area (Å²) >= 11 is 0. The summed E-state index contributed by atoms with van der Waals surface area (Å²) in [6, 6.07) is 0. The first-order chi connectivity index (χ1) is 13.4. The van der Waals surface area contributed by atoms with Crippen LogP contribution in [0.3, 0.4) is 0 Å². The second-order valence-corrected chi connectivity index (χ2v) is 10.3. The minimum atomic E-state index is -4.07. The Bertz CT molecular complexity index is 422. The molecule has 0 saturated heterocycles. The van der Waals surface area contributed by atoms with E-state index in [1.807, 2.05) is 0 Å². The largest absolute Gasteiger partial charge is 0.393 e. The molecule has 28 heavy (non-hydrogen) atoms. The van der Waals surface area contributed by atoms with Crippen LogP contribution in [-0.4, -0.2) is 29.4 Å². The molecule has 0 spiro atoms. The molecule has 0 aromatic carbocycles. The van der Waals surface area contributed by atoms with E-state index in [0.29, 0.717) is 12.8 Å². The standard InChI is InChI=1S/C23H48O4S/c1-3-5-7-9-11-12-13-14-15-17-19-22(24)21-23(28(25,26)27)20-18-16-10-8-6-4-2/h22-24H,3-21H2,1-2H3,(H,25,26,27). The Morgan fingerprint density at radius 2 is 0.964 bits per heavy atom. The summed E-state index contributed by atoms with van der Waals surface area (Å²) < 4.78 is 32.7. The van der Waals surface area contributed by atoms with Crippen molar-refractivity contribution in [2.75, 3.05) is 0 Å². The molecule has 2 N–H and O–H groups in total. The van der Waals surface area contributed by atoms with Crippen molar-refractivity contribution in [2.45, 2.75) is 147 Å². The van der Waals surface area contributed by atoms with Crippen molar-refractivity contribution in [3.63, 3.8) is 0 Å². The number of aliphatic hydroxyl groups is 1. The predicted octanol–water partition coefficient (Wildman–Crippen LogP) is 7.06. The van der Waals surface area contributed by atoms with E-state index in [9.17, 15) is 18.1 Å². The highest BCUT2D eigenvalue weighted by Gasteiger charge is 2.25. The van der Waals surface area contributed by atoms with Gasteiger partial charge in [-0.2, -0.15) is 8.42 Å². The molecule has 2 unspecified atom stereocenters. The minimum Gasteiger partial charge on any atom is -0.393 e. The summed E-state index contributed by atoms with van der Waals surface area (Å²) in [5.41, 5.74) is 0. The summed E-state index contributed by atoms with van der Waals surface area (Å²) in [4.78, 5) is 0. The summed E-state index contributed by atoms with van der Waals surface area (Å²) in [6.07, 6.45) is 19.6. The van der Waals surface area contributed by atoms with Crippen LogP contribution in [0.5, 0.6) is 0 Å². The Morgan fingerprint density at radius 1 is 0.607 bits per heavy atom. The van der Waals surface area contributed by atoms with Gasteiger partial charge in [0.15, 0.2) is 0 Å². The van der Waals surface area contributed by atoms with Crippen LogP contribution in [0.4, 0.5) is 0 Å². The van der Waals surface area contributed by atoms with E-state index in [2.05, 4.69) is 13.8 Å². The van der Waals surface area contributed by atoms with Crippen molar-refractivity contribution in [1.82, 2.24) is 0 Å². The van der Waals surface area contributed by atoms with Gasteiger partial charge in [0.05, 0.1) is 11.4 Å². The van der Waals surface area contributed by atoms with Crippen molar-refractivity contribution in [3.05, 3.63) is 0 Å². The third-order valence-electron chi connectivity index (χ3n) is 5.73. The monoisotopic (exact) mass is 420 g/mol. The fraction of sp³-hybridized carbons (Fsp3) is 1.00. The number of hydrogen-bond acceptors (Lipinski definition) is 3. The lowest BCUT2D eigenvalue weighted by atomic mass is 10.0. The first-order valence-electron chi connectivity index (χ1n) is 12.1. The third kappa shape index (κ3) is 17.9. The zero-order chi connectivity index (χ0) is 21.1. The normalized spacial score (nSPS) is 14.3. The molecule has 0 amide bonds. The Morgan fingerprint density at radius 3 is 1.36 bits per heavy atom. The minimum absolute atomic E-state index is 0.172. The molecule has 0 aliphatic heterocycles. The molecule has 0 aromatic heterocycles. The molecule has 0 aliphatic rings. The second-order valence-electron chi connectivity index (χ2n) is 8.55. The number of aliphatic hydroxyl groups excluding tert-OH is 1. The second kappa shape index (κ2) is 18.9. The highest BCUT2D eigenvalue weighted by Crippen LogP contribution is 2.20. The summed E-state index contributed by atoms with van der Waals surface area (Å²) in [5.74, 6) is 0. The van der Waals surface area contributed by atoms with E-state index < -0.39 is 21.5 Å². The Labute approximate surface area is 175 Å². The molecule has 0 radical (unpaired) electrons. The van der Waals surface area contributed by atoms with Gasteiger partial charge in [0.1, 0.15) is 0 Å². The van der Waals surface area contributed by atoms with Crippen LogP contribution in [0.25, 0.3) is 0 Å². The molecule has 0 aromatic rings. The van der Waals surface area contributed by atoms with Gasteiger partial charge in [0.2, 0.25) is 0 Å². The first kappa shape index (κ1) is 27.9. The fourth-order valence-corrected chi connectivity index (χ4v) is 4.76. The van der Waals surface area contributed by atoms with E-state index in [4.69, 9.17) is 0 Å². The molecule has 2 atom stereocenters. The van der Waals surface area contributed by atoms with Crippen LogP contribution in [0.2, 0.25) is 0 Å². The van der Waals surface area contributed by atoms with Crippen molar-refractivity contribution in [3.8, 4) is 0 Å². The van der Waals surface area contributed by atoms with Gasteiger partial charge in [-0.15, -0.1) is 0 Å². The van der Waals surface area contributed by atoms with E-state index in [0.717, 1.165) is 32.1 Å². The molecule has 0 heterocycles. The molecule has 0 saturated carbocycles. The summed E-state index contributed by atoms with van der Waals surface area (Å²) in [5, 5.41) is 9.39. The van der Waals surface area contributed by atoms with Gasteiger partial charge in [0.25, 0.3) is 10.1 Å². The van der Waals surface area contributed by atoms with Gasteiger partial charge in [-0.3, -0.25) is 4.55 Å². The van der Waals surface area contributed by atoms with Gasteiger partial charge < -0.3 is 5.11 Å². The van der Waals surface area contributed by atoms with Gasteiger partial charge >= 0.3 is 0 Å². The number of hydrogen-bond donors (Lipinski definition) is 2. The smallest absolute Gasteiger partial charge is 0.267 e. The van der Waals surface area contributed by atoms with Crippen LogP contribution < -0.4 is 0 Å². The molecule has 0 rings (SSSR count). The fourth-order valence-electron chi connectivity index (χ4n) is 3.83. The van der Waals surface area contributed by atoms with Crippen molar-refractivity contribution in [1.29, 1.82) is 0 Å². The Hall–Kier alpha value is -0.130. The maximum atomic E-state index is 11.6. The lowest BCUT2D eigenvalue weighted by molar-refractivity contribution is 0.146. The lowest BCUT2D eigenvalue weighted by Gasteiger charge is -2.18. The molecule has 0 fully saturated rings. The van der Waals surface area contributed by atoms with E-state index >= 15 is 0 Å². The molecule has 170 valence electrons. The van der Waals surface area contributed by atoms with Crippen LogP contribution >= 0.6 is 0 Å². The molecule has 5 heteroatoms. The lowest BCUT2D eigenvalue weighted by Crippen LogP contribution is -2.26. The van der Waals surface area contributed by atoms with Gasteiger partial charge in [-0.05, 0) is 19.3 Å². The maximum absolute atomic E-state index is 11.6. The highest BCUT2D eigenvalue weighted by molar-refractivity contribution is 7.86. The molecule has 4 nitrogen and oxygen atoms in total. The van der Waals surface area contributed by atoms with E-state index in [-0.39, 0.29) is 6.42 Å². The van der Waals surface area contributed by atoms with Crippen LogP contribution in [0, 0.1) is 0 Å². The Kier molecular flexibility index (Phi) is 18.8. The van der Waals surface area contributed by atoms with Crippen LogP contribution in [-0.2, 0) is 10.1 Å².